The van der Waals surface area contributed by atoms with Crippen LogP contribution in [0.3, 0.4) is 0 Å². The topological polar surface area (TPSA) is 153 Å². The Bertz CT molecular complexity index is 1380. The minimum absolute atomic E-state index is 0.0464. The van der Waals surface area contributed by atoms with Crippen molar-refractivity contribution in [2.45, 2.75) is 86.5 Å². The number of hydrogen-bond acceptors (Lipinski definition) is 12. The van der Waals surface area contributed by atoms with Crippen LogP contribution in [0.25, 0.3) is 0 Å². The molecule has 5 aliphatic carbocycles. The normalized spacial score (nSPS) is 49.9. The largest absolute Gasteiger partial charge is 0.458 e. The van der Waals surface area contributed by atoms with Crippen LogP contribution in [0.2, 0.25) is 0 Å². The molecule has 6 aliphatic rings. The van der Waals surface area contributed by atoms with Crippen molar-refractivity contribution in [1.29, 1.82) is 0 Å². The third-order valence-electron chi connectivity index (χ3n) is 13.2. The molecule has 1 aliphatic heterocycles. The molecule has 0 aromatic heterocycles. The van der Waals surface area contributed by atoms with E-state index >= 15 is 0 Å². The number of ether oxygens (including phenoxy) is 6. The number of piperidine rings is 1. The highest BCUT2D eigenvalue weighted by Gasteiger charge is 2.95. The van der Waals surface area contributed by atoms with E-state index in [-0.39, 0.29) is 31.4 Å². The Morgan fingerprint density at radius 2 is 1.70 bits per heavy atom. The zero-order valence-electron chi connectivity index (χ0n) is 27.4. The van der Waals surface area contributed by atoms with Crippen LogP contribution < -0.4 is 0 Å². The molecular formula is C34H47NO11. The SMILES string of the molecule is CCN1C[C@]2(COC)[C@H](O)C[C@H](OC)[C@@]34[C@@H]2[C@@H](OC)[C@@H]([C@@H]13)[C@@]1(OC(C)=O)C[C@H](OC)[C@@]2(O)C[C@]4(O)[C@@H]1[C@H]2OC(=O)c1ccccc1. The summed E-state index contributed by atoms with van der Waals surface area (Å²) in [6.45, 7) is 4.56. The number of esters is 2. The van der Waals surface area contributed by atoms with Crippen molar-refractivity contribution in [3.05, 3.63) is 35.9 Å². The fourth-order valence-corrected chi connectivity index (χ4v) is 12.3. The van der Waals surface area contributed by atoms with Crippen LogP contribution in [0.1, 0.15) is 43.5 Å². The van der Waals surface area contributed by atoms with E-state index in [9.17, 15) is 24.9 Å². The van der Waals surface area contributed by atoms with Crippen molar-refractivity contribution in [3.8, 4) is 0 Å². The molecule has 5 saturated carbocycles. The first-order valence-electron chi connectivity index (χ1n) is 16.3. The third-order valence-corrected chi connectivity index (χ3v) is 13.2. The lowest BCUT2D eigenvalue weighted by molar-refractivity contribution is -0.342. The third kappa shape index (κ3) is 3.57. The minimum atomic E-state index is -1.84. The van der Waals surface area contributed by atoms with E-state index in [2.05, 4.69) is 4.90 Å². The number of fused-ring (bicyclic) bond motifs is 2. The molecule has 254 valence electrons. The quantitative estimate of drug-likeness (QED) is 0.326. The van der Waals surface area contributed by atoms with Crippen LogP contribution in [-0.2, 0) is 33.2 Å². The van der Waals surface area contributed by atoms with Gasteiger partial charge in [0.15, 0.2) is 0 Å². The van der Waals surface area contributed by atoms with Crippen molar-refractivity contribution >= 4 is 11.9 Å². The van der Waals surface area contributed by atoms with Gasteiger partial charge in [-0.2, -0.15) is 0 Å². The van der Waals surface area contributed by atoms with Gasteiger partial charge in [-0.3, -0.25) is 9.69 Å². The average Bonchev–Trinajstić information content (AvgIpc) is 3.38. The highest BCUT2D eigenvalue weighted by atomic mass is 16.6. The first-order chi connectivity index (χ1) is 21.9. The Balaban J connectivity index is 1.54. The smallest absolute Gasteiger partial charge is 0.338 e. The fourth-order valence-electron chi connectivity index (χ4n) is 12.3. The minimum Gasteiger partial charge on any atom is -0.458 e. The zero-order valence-corrected chi connectivity index (χ0v) is 27.4. The predicted octanol–water partition coefficient (Wildman–Crippen LogP) is 0.792. The van der Waals surface area contributed by atoms with Crippen molar-refractivity contribution in [2.24, 2.45) is 28.6 Å². The molecular weight excluding hydrogens is 598 g/mol. The summed E-state index contributed by atoms with van der Waals surface area (Å²) >= 11 is 0. The molecule has 1 aromatic carbocycles. The number of carbonyl (C=O) groups excluding carboxylic acids is 2. The number of aliphatic hydroxyl groups excluding tert-OH is 1. The van der Waals surface area contributed by atoms with Gasteiger partial charge in [-0.1, -0.05) is 25.1 Å². The van der Waals surface area contributed by atoms with Gasteiger partial charge >= 0.3 is 11.9 Å². The molecule has 1 aromatic rings. The predicted molar refractivity (Wildman–Crippen MR) is 161 cm³/mol. The number of benzene rings is 1. The Morgan fingerprint density at radius 3 is 2.28 bits per heavy atom. The molecule has 1 saturated heterocycles. The number of methoxy groups -OCH3 is 4. The van der Waals surface area contributed by atoms with Crippen LogP contribution in [0.15, 0.2) is 30.3 Å². The molecule has 6 fully saturated rings. The van der Waals surface area contributed by atoms with Gasteiger partial charge in [0.1, 0.15) is 17.3 Å². The van der Waals surface area contributed by atoms with Gasteiger partial charge in [-0.05, 0) is 18.7 Å². The number of likely N-dealkylation sites (tertiary alicyclic amines) is 1. The van der Waals surface area contributed by atoms with E-state index < -0.39 is 93.9 Å². The maximum absolute atomic E-state index is 13.8. The number of aliphatic hydroxyl groups is 3. The monoisotopic (exact) mass is 645 g/mol. The second-order valence-corrected chi connectivity index (χ2v) is 14.5. The average molecular weight is 646 g/mol. The summed E-state index contributed by atoms with van der Waals surface area (Å²) < 4.78 is 37.4. The molecule has 12 nitrogen and oxygen atoms in total. The summed E-state index contributed by atoms with van der Waals surface area (Å²) in [5, 5.41) is 38.6. The van der Waals surface area contributed by atoms with Gasteiger partial charge in [0.25, 0.3) is 0 Å². The Kier molecular flexibility index (Phi) is 7.51. The summed E-state index contributed by atoms with van der Waals surface area (Å²) in [6.07, 6.45) is -4.43. The molecule has 46 heavy (non-hydrogen) atoms. The molecule has 7 bridgehead atoms. The van der Waals surface area contributed by atoms with E-state index in [1.807, 2.05) is 6.92 Å². The molecule has 12 heteroatoms. The highest BCUT2D eigenvalue weighted by Crippen LogP contribution is 2.81. The van der Waals surface area contributed by atoms with E-state index in [1.54, 1.807) is 51.7 Å². The van der Waals surface area contributed by atoms with Gasteiger partial charge in [-0.15, -0.1) is 0 Å². The number of carbonyl (C=O) groups is 2. The second-order valence-electron chi connectivity index (χ2n) is 14.5. The molecule has 0 radical (unpaired) electrons. The van der Waals surface area contributed by atoms with Crippen molar-refractivity contribution in [1.82, 2.24) is 4.90 Å². The zero-order chi connectivity index (χ0) is 33.0. The number of rotatable bonds is 9. The van der Waals surface area contributed by atoms with Crippen molar-refractivity contribution in [3.63, 3.8) is 0 Å². The van der Waals surface area contributed by atoms with E-state index in [4.69, 9.17) is 28.4 Å². The molecule has 3 N–H and O–H groups in total. The lowest BCUT2D eigenvalue weighted by Crippen LogP contribution is -2.84. The summed E-state index contributed by atoms with van der Waals surface area (Å²) in [6, 6.07) is 8.02. The standard InChI is InChI=1S/C34H47NO11/c1-7-35-16-30(17-41-3)20(37)13-21(42-4)34-25(30)24(44-6)23(27(34)35)32(46-18(2)36)14-22(43-5)31(39)15-33(34,40)26(32)28(31)45-29(38)19-11-9-8-10-12-19/h8-12,20-28,37,39-40H,7,13-17H2,1-6H3/t20-,21+,22+,23+,24+,25-,26-,27-,28-,30+,31+,32+,33+,34-/m1/s1. The van der Waals surface area contributed by atoms with Gasteiger partial charge in [-0.25, -0.2) is 4.79 Å². The van der Waals surface area contributed by atoms with Gasteiger partial charge < -0.3 is 43.7 Å². The fraction of sp³-hybridized carbons (Fsp3) is 0.765. The molecule has 1 spiro atoms. The summed E-state index contributed by atoms with van der Waals surface area (Å²) in [4.78, 5) is 29.2. The Morgan fingerprint density at radius 1 is 1.00 bits per heavy atom. The van der Waals surface area contributed by atoms with Crippen molar-refractivity contribution < 1.29 is 53.3 Å². The second kappa shape index (κ2) is 10.7. The Labute approximate surface area is 269 Å². The van der Waals surface area contributed by atoms with Crippen LogP contribution in [-0.4, -0.2) is 134 Å². The highest BCUT2D eigenvalue weighted by molar-refractivity contribution is 5.89. The first kappa shape index (κ1) is 32.4. The van der Waals surface area contributed by atoms with E-state index in [1.165, 1.54) is 14.0 Å². The van der Waals surface area contributed by atoms with Gasteiger partial charge in [0, 0.05) is 89.9 Å². The van der Waals surface area contributed by atoms with E-state index in [0.717, 1.165) is 0 Å². The molecule has 14 atom stereocenters. The van der Waals surface area contributed by atoms with Crippen LogP contribution in [0, 0.1) is 28.6 Å². The lowest BCUT2D eigenvalue weighted by atomic mass is 9.41. The molecule has 0 amide bonds. The van der Waals surface area contributed by atoms with E-state index in [0.29, 0.717) is 13.1 Å². The number of hydrogen-bond donors (Lipinski definition) is 3. The van der Waals surface area contributed by atoms with Gasteiger partial charge in [0.2, 0.25) is 0 Å². The van der Waals surface area contributed by atoms with Crippen molar-refractivity contribution in [2.75, 3.05) is 48.1 Å². The molecule has 1 heterocycles. The first-order valence-corrected chi connectivity index (χ1v) is 16.3. The molecule has 0 unspecified atom stereocenters. The number of nitrogens with zero attached hydrogens (tertiary/aromatic N) is 1. The summed E-state index contributed by atoms with van der Waals surface area (Å²) in [5.41, 5.74) is -6.93. The maximum Gasteiger partial charge on any atom is 0.338 e. The lowest BCUT2D eigenvalue weighted by Gasteiger charge is -2.72. The maximum atomic E-state index is 13.8. The molecule has 7 rings (SSSR count). The van der Waals surface area contributed by atoms with Crippen LogP contribution >= 0.6 is 0 Å². The summed E-state index contributed by atoms with van der Waals surface area (Å²) in [5.74, 6) is -3.42. The van der Waals surface area contributed by atoms with Gasteiger partial charge in [0.05, 0.1) is 48.1 Å². The Hall–Kier alpha value is -2.16. The summed E-state index contributed by atoms with van der Waals surface area (Å²) in [7, 11) is 6.25. The van der Waals surface area contributed by atoms with Crippen LogP contribution in [0.4, 0.5) is 0 Å². The van der Waals surface area contributed by atoms with Crippen LogP contribution in [0.5, 0.6) is 0 Å².